The molecule has 16 heavy (non-hydrogen) atoms. The summed E-state index contributed by atoms with van der Waals surface area (Å²) in [5.41, 5.74) is -0.445. The maximum Gasteiger partial charge on any atom is 0.226 e. The average molecular weight is 229 g/mol. The zero-order chi connectivity index (χ0) is 12.9. The average Bonchev–Trinajstić information content (AvgIpc) is 2.12. The number of amides is 1. The SMILES string of the molecule is CC(C)[C@@H](CO)C(=O)NCC(=O)C(C)(C)C. The Morgan fingerprint density at radius 3 is 2.06 bits per heavy atom. The van der Waals surface area contributed by atoms with Crippen LogP contribution in [0.5, 0.6) is 0 Å². The highest BCUT2D eigenvalue weighted by molar-refractivity contribution is 5.90. The Hall–Kier alpha value is -0.900. The molecule has 0 radical (unpaired) electrons. The van der Waals surface area contributed by atoms with Crippen molar-refractivity contribution in [1.82, 2.24) is 5.32 Å². The third-order valence-electron chi connectivity index (χ3n) is 2.60. The molecule has 0 heterocycles. The van der Waals surface area contributed by atoms with Gasteiger partial charge in [-0.15, -0.1) is 0 Å². The first-order valence-electron chi connectivity index (χ1n) is 5.62. The predicted octanol–water partition coefficient (Wildman–Crippen LogP) is 0.982. The van der Waals surface area contributed by atoms with Crippen LogP contribution in [0.15, 0.2) is 0 Å². The van der Waals surface area contributed by atoms with E-state index >= 15 is 0 Å². The van der Waals surface area contributed by atoms with Crippen LogP contribution in [0.4, 0.5) is 0 Å². The van der Waals surface area contributed by atoms with E-state index in [0.29, 0.717) is 0 Å². The Kier molecular flexibility index (Phi) is 5.65. The van der Waals surface area contributed by atoms with E-state index < -0.39 is 11.3 Å². The van der Waals surface area contributed by atoms with E-state index in [2.05, 4.69) is 5.32 Å². The van der Waals surface area contributed by atoms with E-state index in [1.54, 1.807) is 0 Å². The number of Topliss-reactive ketones (excluding diaryl/α,β-unsaturated/α-hetero) is 1. The zero-order valence-corrected chi connectivity index (χ0v) is 10.8. The van der Waals surface area contributed by atoms with Crippen molar-refractivity contribution >= 4 is 11.7 Å². The topological polar surface area (TPSA) is 66.4 Å². The lowest BCUT2D eigenvalue weighted by Crippen LogP contribution is -2.41. The predicted molar refractivity (Wildman–Crippen MR) is 62.9 cm³/mol. The second kappa shape index (κ2) is 5.99. The van der Waals surface area contributed by atoms with E-state index in [9.17, 15) is 9.59 Å². The molecule has 0 aromatic rings. The fourth-order valence-electron chi connectivity index (χ4n) is 1.16. The normalized spacial score (nSPS) is 13.7. The van der Waals surface area contributed by atoms with E-state index in [0.717, 1.165) is 0 Å². The third-order valence-corrected chi connectivity index (χ3v) is 2.60. The molecule has 0 spiro atoms. The molecule has 4 heteroatoms. The quantitative estimate of drug-likeness (QED) is 0.738. The van der Waals surface area contributed by atoms with E-state index in [4.69, 9.17) is 5.11 Å². The number of ketones is 1. The van der Waals surface area contributed by atoms with Gasteiger partial charge in [0, 0.05) is 5.41 Å². The molecular weight excluding hydrogens is 206 g/mol. The van der Waals surface area contributed by atoms with Crippen molar-refractivity contribution in [3.63, 3.8) is 0 Å². The minimum Gasteiger partial charge on any atom is -0.396 e. The van der Waals surface area contributed by atoms with Crippen LogP contribution in [0.25, 0.3) is 0 Å². The van der Waals surface area contributed by atoms with Crippen molar-refractivity contribution in [1.29, 1.82) is 0 Å². The van der Waals surface area contributed by atoms with Crippen LogP contribution in [-0.2, 0) is 9.59 Å². The molecule has 0 rings (SSSR count). The Morgan fingerprint density at radius 1 is 1.25 bits per heavy atom. The van der Waals surface area contributed by atoms with E-state index in [1.165, 1.54) is 0 Å². The van der Waals surface area contributed by atoms with Crippen molar-refractivity contribution in [2.24, 2.45) is 17.3 Å². The smallest absolute Gasteiger partial charge is 0.226 e. The number of nitrogens with one attached hydrogen (secondary N) is 1. The van der Waals surface area contributed by atoms with Gasteiger partial charge in [-0.2, -0.15) is 0 Å². The summed E-state index contributed by atoms with van der Waals surface area (Å²) in [5, 5.41) is 11.6. The molecule has 0 aromatic heterocycles. The van der Waals surface area contributed by atoms with Crippen molar-refractivity contribution < 1.29 is 14.7 Å². The number of hydrogen-bond acceptors (Lipinski definition) is 3. The van der Waals surface area contributed by atoms with Crippen LogP contribution in [0.1, 0.15) is 34.6 Å². The maximum atomic E-state index is 11.6. The highest BCUT2D eigenvalue weighted by atomic mass is 16.3. The van der Waals surface area contributed by atoms with Crippen LogP contribution >= 0.6 is 0 Å². The van der Waals surface area contributed by atoms with Gasteiger partial charge in [0.05, 0.1) is 19.1 Å². The Labute approximate surface area is 97.4 Å². The second-order valence-electron chi connectivity index (χ2n) is 5.42. The van der Waals surface area contributed by atoms with Gasteiger partial charge in [-0.05, 0) is 5.92 Å². The summed E-state index contributed by atoms with van der Waals surface area (Å²) in [4.78, 5) is 23.2. The summed E-state index contributed by atoms with van der Waals surface area (Å²) in [5.74, 6) is -0.640. The molecule has 0 fully saturated rings. The number of carbonyl (C=O) groups is 2. The summed E-state index contributed by atoms with van der Waals surface area (Å²) in [6, 6.07) is 0. The maximum absolute atomic E-state index is 11.6. The number of carbonyl (C=O) groups excluding carboxylic acids is 2. The van der Waals surface area contributed by atoms with Crippen molar-refractivity contribution in [2.45, 2.75) is 34.6 Å². The monoisotopic (exact) mass is 229 g/mol. The highest BCUT2D eigenvalue weighted by Crippen LogP contribution is 2.14. The lowest BCUT2D eigenvalue weighted by Gasteiger charge is -2.20. The fourth-order valence-corrected chi connectivity index (χ4v) is 1.16. The minimum atomic E-state index is -0.445. The molecule has 0 aliphatic heterocycles. The van der Waals surface area contributed by atoms with Gasteiger partial charge in [0.25, 0.3) is 0 Å². The summed E-state index contributed by atoms with van der Waals surface area (Å²) in [6.45, 7) is 9.02. The van der Waals surface area contributed by atoms with Gasteiger partial charge in [0.15, 0.2) is 5.78 Å². The van der Waals surface area contributed by atoms with Crippen molar-refractivity contribution in [3.8, 4) is 0 Å². The number of hydrogen-bond donors (Lipinski definition) is 2. The summed E-state index contributed by atoms with van der Waals surface area (Å²) >= 11 is 0. The molecule has 94 valence electrons. The molecule has 4 nitrogen and oxygen atoms in total. The van der Waals surface area contributed by atoms with Gasteiger partial charge >= 0.3 is 0 Å². The standard InChI is InChI=1S/C12H23NO3/c1-8(2)9(7-14)11(16)13-6-10(15)12(3,4)5/h8-9,14H,6-7H2,1-5H3,(H,13,16)/t9-/m1/s1. The fraction of sp³-hybridized carbons (Fsp3) is 0.833. The van der Waals surface area contributed by atoms with Crippen LogP contribution in [-0.4, -0.2) is 29.9 Å². The molecule has 0 saturated carbocycles. The highest BCUT2D eigenvalue weighted by Gasteiger charge is 2.25. The third kappa shape index (κ3) is 4.75. The Morgan fingerprint density at radius 2 is 1.75 bits per heavy atom. The number of aliphatic hydroxyl groups excluding tert-OH is 1. The number of aliphatic hydroxyl groups is 1. The summed E-state index contributed by atoms with van der Waals surface area (Å²) < 4.78 is 0. The van der Waals surface area contributed by atoms with Crippen LogP contribution < -0.4 is 5.32 Å². The van der Waals surface area contributed by atoms with Crippen LogP contribution in [0.2, 0.25) is 0 Å². The van der Waals surface area contributed by atoms with Crippen molar-refractivity contribution in [3.05, 3.63) is 0 Å². The molecule has 0 aliphatic rings. The minimum absolute atomic E-state index is 0.0127. The van der Waals surface area contributed by atoms with Gasteiger partial charge < -0.3 is 10.4 Å². The zero-order valence-electron chi connectivity index (χ0n) is 10.8. The van der Waals surface area contributed by atoms with Crippen molar-refractivity contribution in [2.75, 3.05) is 13.2 Å². The van der Waals surface area contributed by atoms with Gasteiger partial charge in [0.1, 0.15) is 0 Å². The van der Waals surface area contributed by atoms with E-state index in [1.807, 2.05) is 34.6 Å². The van der Waals surface area contributed by atoms with Gasteiger partial charge in [-0.1, -0.05) is 34.6 Å². The molecular formula is C12H23NO3. The summed E-state index contributed by atoms with van der Waals surface area (Å²) in [7, 11) is 0. The second-order valence-corrected chi connectivity index (χ2v) is 5.42. The first kappa shape index (κ1) is 15.1. The Balaban J connectivity index is 4.22. The van der Waals surface area contributed by atoms with Crippen LogP contribution in [0.3, 0.4) is 0 Å². The molecule has 0 unspecified atom stereocenters. The molecule has 0 saturated heterocycles. The largest absolute Gasteiger partial charge is 0.396 e. The lowest BCUT2D eigenvalue weighted by molar-refractivity contribution is -0.132. The van der Waals surface area contributed by atoms with Gasteiger partial charge in [-0.3, -0.25) is 9.59 Å². The molecule has 1 amide bonds. The number of rotatable bonds is 5. The summed E-state index contributed by atoms with van der Waals surface area (Å²) in [6.07, 6.45) is 0. The Bertz CT molecular complexity index is 253. The molecule has 2 N–H and O–H groups in total. The van der Waals surface area contributed by atoms with E-state index in [-0.39, 0.29) is 30.8 Å². The van der Waals surface area contributed by atoms with Crippen LogP contribution in [0, 0.1) is 17.3 Å². The van der Waals surface area contributed by atoms with Gasteiger partial charge in [0.2, 0.25) is 5.91 Å². The molecule has 0 bridgehead atoms. The molecule has 0 aromatic carbocycles. The first-order valence-corrected chi connectivity index (χ1v) is 5.62. The lowest BCUT2D eigenvalue weighted by atomic mass is 9.90. The van der Waals surface area contributed by atoms with Gasteiger partial charge in [-0.25, -0.2) is 0 Å². The molecule has 1 atom stereocenters. The first-order chi connectivity index (χ1) is 7.20. The molecule has 0 aliphatic carbocycles.